The number of anilines is 1. The fourth-order valence-electron chi connectivity index (χ4n) is 1.78. The first-order chi connectivity index (χ1) is 10.7. The minimum absolute atomic E-state index is 0.313. The predicted molar refractivity (Wildman–Crippen MR) is 89.1 cm³/mol. The Morgan fingerprint density at radius 1 is 1.14 bits per heavy atom. The molecule has 0 saturated heterocycles. The summed E-state index contributed by atoms with van der Waals surface area (Å²) in [6.45, 7) is 0. The molecule has 0 spiro atoms. The van der Waals surface area contributed by atoms with Crippen molar-refractivity contribution in [2.24, 2.45) is 0 Å². The van der Waals surface area contributed by atoms with E-state index in [1.54, 1.807) is 31.4 Å². The summed E-state index contributed by atoms with van der Waals surface area (Å²) in [5.41, 5.74) is 1.63. The predicted octanol–water partition coefficient (Wildman–Crippen LogP) is 3.10. The lowest BCUT2D eigenvalue weighted by molar-refractivity contribution is -0.111. The molecule has 0 heterocycles. The number of rotatable bonds is 6. The molecule has 0 aliphatic heterocycles. The van der Waals surface area contributed by atoms with E-state index < -0.39 is 10.8 Å². The Morgan fingerprint density at radius 3 is 2.45 bits per heavy atom. The molecule has 114 valence electrons. The van der Waals surface area contributed by atoms with Crippen LogP contribution >= 0.6 is 0 Å². The Balaban J connectivity index is 1.86. The summed E-state index contributed by atoms with van der Waals surface area (Å²) in [6.07, 6.45) is 1.29. The fourth-order valence-corrected chi connectivity index (χ4v) is 2.68. The summed E-state index contributed by atoms with van der Waals surface area (Å²) in [5.74, 6) is 0.803. The number of carbonyl (C=O) groups is 1. The third kappa shape index (κ3) is 5.18. The van der Waals surface area contributed by atoms with E-state index >= 15 is 0 Å². The second-order valence-corrected chi connectivity index (χ2v) is 5.85. The molecule has 5 heteroatoms. The van der Waals surface area contributed by atoms with Gasteiger partial charge in [-0.2, -0.15) is 0 Å². The van der Waals surface area contributed by atoms with Gasteiger partial charge in [0.05, 0.1) is 23.7 Å². The number of amides is 1. The van der Waals surface area contributed by atoms with Gasteiger partial charge in [-0.05, 0) is 29.8 Å². The summed E-state index contributed by atoms with van der Waals surface area (Å²) in [7, 11) is 0.366. The Kier molecular flexibility index (Phi) is 5.91. The van der Waals surface area contributed by atoms with Crippen molar-refractivity contribution in [1.29, 1.82) is 0 Å². The molecule has 0 radical (unpaired) electrons. The lowest BCUT2D eigenvalue weighted by Crippen LogP contribution is -2.08. The molecule has 0 aliphatic rings. The second kappa shape index (κ2) is 8.14. The van der Waals surface area contributed by atoms with E-state index in [-0.39, 0.29) is 5.91 Å². The molecule has 0 aromatic heterocycles. The molecule has 1 atom stereocenters. The summed E-state index contributed by atoms with van der Waals surface area (Å²) >= 11 is 0. The Morgan fingerprint density at radius 2 is 1.82 bits per heavy atom. The summed E-state index contributed by atoms with van der Waals surface area (Å²) in [6, 6.07) is 16.5. The second-order valence-electron chi connectivity index (χ2n) is 4.53. The molecule has 1 unspecified atom stereocenters. The number of methoxy groups -OCH3 is 1. The molecule has 1 N–H and O–H groups in total. The largest absolute Gasteiger partial charge is 0.497 e. The Hall–Kier alpha value is -2.40. The van der Waals surface area contributed by atoms with Crippen molar-refractivity contribution in [2.75, 3.05) is 12.4 Å². The number of hydrogen-bond donors (Lipinski definition) is 1. The zero-order chi connectivity index (χ0) is 15.8. The van der Waals surface area contributed by atoms with Crippen LogP contribution in [0.2, 0.25) is 0 Å². The Labute approximate surface area is 132 Å². The van der Waals surface area contributed by atoms with Crippen LogP contribution in [0.4, 0.5) is 5.69 Å². The average molecular weight is 315 g/mol. The van der Waals surface area contributed by atoms with E-state index in [0.29, 0.717) is 11.4 Å². The standard InChI is InChI=1S/C17H17NO3S/c1-21-16-9-7-15(8-10-16)18-17(19)11-12-22(20)13-14-5-3-2-4-6-14/h2-12H,13H2,1H3,(H,18,19)/b12-11-. The smallest absolute Gasteiger partial charge is 0.248 e. The third-order valence-electron chi connectivity index (χ3n) is 2.88. The van der Waals surface area contributed by atoms with Crippen LogP contribution < -0.4 is 10.1 Å². The number of nitrogens with one attached hydrogen (secondary N) is 1. The highest BCUT2D eigenvalue weighted by molar-refractivity contribution is 7.87. The quantitative estimate of drug-likeness (QED) is 0.833. The van der Waals surface area contributed by atoms with Crippen molar-refractivity contribution in [1.82, 2.24) is 0 Å². The van der Waals surface area contributed by atoms with Crippen molar-refractivity contribution in [3.63, 3.8) is 0 Å². The molecule has 0 bridgehead atoms. The van der Waals surface area contributed by atoms with E-state index in [4.69, 9.17) is 4.74 Å². The SMILES string of the molecule is COc1ccc(NC(=O)/C=C\S(=O)Cc2ccccc2)cc1. The van der Waals surface area contributed by atoms with Crippen LogP contribution in [0.1, 0.15) is 5.56 Å². The molecule has 2 aromatic rings. The van der Waals surface area contributed by atoms with Crippen LogP contribution in [0.5, 0.6) is 5.75 Å². The van der Waals surface area contributed by atoms with Gasteiger partial charge in [0.2, 0.25) is 5.91 Å². The average Bonchev–Trinajstić information content (AvgIpc) is 2.55. The highest BCUT2D eigenvalue weighted by Crippen LogP contribution is 2.14. The van der Waals surface area contributed by atoms with Gasteiger partial charge in [-0.25, -0.2) is 0 Å². The maximum absolute atomic E-state index is 11.9. The first-order valence-corrected chi connectivity index (χ1v) is 8.10. The zero-order valence-electron chi connectivity index (χ0n) is 12.2. The van der Waals surface area contributed by atoms with Crippen LogP contribution in [-0.2, 0) is 21.3 Å². The maximum atomic E-state index is 11.9. The van der Waals surface area contributed by atoms with Crippen molar-refractivity contribution < 1.29 is 13.7 Å². The monoisotopic (exact) mass is 315 g/mol. The molecular formula is C17H17NO3S. The number of ether oxygens (including phenoxy) is 1. The van der Waals surface area contributed by atoms with Crippen LogP contribution in [0.15, 0.2) is 66.1 Å². The first-order valence-electron chi connectivity index (χ1n) is 6.72. The topological polar surface area (TPSA) is 55.4 Å². The van der Waals surface area contributed by atoms with E-state index in [0.717, 1.165) is 11.3 Å². The van der Waals surface area contributed by atoms with E-state index in [1.165, 1.54) is 11.5 Å². The number of carbonyl (C=O) groups excluding carboxylic acids is 1. The number of hydrogen-bond acceptors (Lipinski definition) is 3. The fraction of sp³-hybridized carbons (Fsp3) is 0.118. The minimum atomic E-state index is -1.22. The summed E-state index contributed by atoms with van der Waals surface area (Å²) in [4.78, 5) is 11.8. The summed E-state index contributed by atoms with van der Waals surface area (Å²) in [5, 5.41) is 4.11. The maximum Gasteiger partial charge on any atom is 0.248 e. The molecule has 0 fully saturated rings. The van der Waals surface area contributed by atoms with Gasteiger partial charge in [-0.15, -0.1) is 0 Å². The van der Waals surface area contributed by atoms with Crippen LogP contribution in [-0.4, -0.2) is 17.2 Å². The molecule has 4 nitrogen and oxygen atoms in total. The van der Waals surface area contributed by atoms with Gasteiger partial charge in [-0.3, -0.25) is 9.00 Å². The Bertz CT molecular complexity index is 666. The van der Waals surface area contributed by atoms with E-state index in [9.17, 15) is 9.00 Å². The van der Waals surface area contributed by atoms with Crippen molar-refractivity contribution in [2.45, 2.75) is 5.75 Å². The van der Waals surface area contributed by atoms with Crippen molar-refractivity contribution in [3.05, 3.63) is 71.6 Å². The van der Waals surface area contributed by atoms with Gasteiger partial charge in [0.25, 0.3) is 0 Å². The van der Waals surface area contributed by atoms with Gasteiger partial charge < -0.3 is 10.1 Å². The van der Waals surface area contributed by atoms with E-state index in [2.05, 4.69) is 5.32 Å². The normalized spacial score (nSPS) is 12.0. The molecule has 0 saturated carbocycles. The summed E-state index contributed by atoms with van der Waals surface area (Å²) < 4.78 is 16.9. The van der Waals surface area contributed by atoms with Crippen LogP contribution in [0.3, 0.4) is 0 Å². The lowest BCUT2D eigenvalue weighted by Gasteiger charge is -2.03. The van der Waals surface area contributed by atoms with E-state index in [1.807, 2.05) is 30.3 Å². The van der Waals surface area contributed by atoms with Crippen molar-refractivity contribution in [3.8, 4) is 5.75 Å². The molecule has 22 heavy (non-hydrogen) atoms. The van der Waals surface area contributed by atoms with Gasteiger partial charge in [0.15, 0.2) is 0 Å². The molecular weight excluding hydrogens is 298 g/mol. The first kappa shape index (κ1) is 16.0. The number of benzene rings is 2. The van der Waals surface area contributed by atoms with Crippen LogP contribution in [0, 0.1) is 0 Å². The highest BCUT2D eigenvalue weighted by atomic mass is 32.2. The van der Waals surface area contributed by atoms with Crippen molar-refractivity contribution >= 4 is 22.4 Å². The van der Waals surface area contributed by atoms with Gasteiger partial charge in [0, 0.05) is 17.2 Å². The zero-order valence-corrected chi connectivity index (χ0v) is 13.0. The van der Waals surface area contributed by atoms with Crippen LogP contribution in [0.25, 0.3) is 0 Å². The molecule has 0 aliphatic carbocycles. The minimum Gasteiger partial charge on any atom is -0.497 e. The molecule has 2 aromatic carbocycles. The van der Waals surface area contributed by atoms with Gasteiger partial charge >= 0.3 is 0 Å². The van der Waals surface area contributed by atoms with Gasteiger partial charge in [-0.1, -0.05) is 30.3 Å². The lowest BCUT2D eigenvalue weighted by atomic mass is 10.2. The van der Waals surface area contributed by atoms with Gasteiger partial charge in [0.1, 0.15) is 5.75 Å². The third-order valence-corrected chi connectivity index (χ3v) is 3.94. The highest BCUT2D eigenvalue weighted by Gasteiger charge is 2.01. The molecule has 1 amide bonds. The molecule has 2 rings (SSSR count).